The van der Waals surface area contributed by atoms with E-state index in [1.807, 2.05) is 26.6 Å². The molecule has 2 N–H and O–H groups in total. The summed E-state index contributed by atoms with van der Waals surface area (Å²) in [5.41, 5.74) is 0.892. The van der Waals surface area contributed by atoms with Gasteiger partial charge in [0.1, 0.15) is 11.8 Å². The number of ether oxygens (including phenoxy) is 1. The number of alkyl halides is 2. The molecule has 0 radical (unpaired) electrons. The highest BCUT2D eigenvalue weighted by atomic mass is 19.3. The first-order chi connectivity index (χ1) is 29.6. The second-order valence-corrected chi connectivity index (χ2v) is 15.6. The third-order valence-corrected chi connectivity index (χ3v) is 11.1. The highest BCUT2D eigenvalue weighted by molar-refractivity contribution is 6.08. The molecule has 1 atom stereocenters. The van der Waals surface area contributed by atoms with Gasteiger partial charge in [-0.2, -0.15) is 14.9 Å². The number of likely N-dealkylation sites (N-methyl/N-ethyl adjacent to an activating group) is 1. The Bertz CT molecular complexity index is 1910. The van der Waals surface area contributed by atoms with Crippen LogP contribution in [0.2, 0.25) is 0 Å². The summed E-state index contributed by atoms with van der Waals surface area (Å²) in [5, 5.41) is 28.7. The van der Waals surface area contributed by atoms with E-state index >= 15 is 0 Å². The van der Waals surface area contributed by atoms with E-state index in [0.717, 1.165) is 11.4 Å². The lowest BCUT2D eigenvalue weighted by molar-refractivity contribution is -0.191. The van der Waals surface area contributed by atoms with Gasteiger partial charge in [0.25, 0.3) is 5.92 Å². The number of amides is 2. The Morgan fingerprint density at radius 3 is 1.95 bits per heavy atom. The zero-order valence-corrected chi connectivity index (χ0v) is 35.0. The number of carbonyl (C=O) groups excluding carboxylic acids is 5. The third kappa shape index (κ3) is 15.8. The molecule has 19 nitrogen and oxygen atoms in total. The molecule has 3 fully saturated rings. The quantitative estimate of drug-likeness (QED) is 0.181. The van der Waals surface area contributed by atoms with E-state index in [1.54, 1.807) is 30.3 Å². The lowest BCUT2D eigenvalue weighted by Gasteiger charge is -2.36. The number of aliphatic carboxylic acids is 2. The highest BCUT2D eigenvalue weighted by Crippen LogP contribution is 2.32. The monoisotopic (exact) mass is 871 g/mol. The molecular weight excluding hydrogens is 816 g/mol. The van der Waals surface area contributed by atoms with Crippen LogP contribution in [0.3, 0.4) is 0 Å². The van der Waals surface area contributed by atoms with E-state index in [2.05, 4.69) is 14.8 Å². The Balaban J connectivity index is 0.00000273. The average molecular weight is 872 g/mol. The van der Waals surface area contributed by atoms with Crippen molar-refractivity contribution in [2.75, 3.05) is 125 Å². The van der Waals surface area contributed by atoms with Crippen molar-refractivity contribution >= 4 is 46.6 Å². The lowest BCUT2D eigenvalue weighted by Crippen LogP contribution is -2.53. The molecule has 5 rings (SSSR count). The van der Waals surface area contributed by atoms with Crippen LogP contribution in [0.4, 0.5) is 8.78 Å². The highest BCUT2D eigenvalue weighted by Gasteiger charge is 2.47. The summed E-state index contributed by atoms with van der Waals surface area (Å²) >= 11 is 0. The van der Waals surface area contributed by atoms with Gasteiger partial charge in [0.05, 0.1) is 44.4 Å². The minimum atomic E-state index is -3.13. The fourth-order valence-corrected chi connectivity index (χ4v) is 7.64. The summed E-state index contributed by atoms with van der Waals surface area (Å²) < 4.78 is 33.7. The predicted octanol–water partition coefficient (Wildman–Crippen LogP) is 0.308. The van der Waals surface area contributed by atoms with E-state index in [4.69, 9.17) is 14.3 Å². The first-order valence-electron chi connectivity index (χ1n) is 20.5. The Hall–Kier alpha value is -5.49. The number of rotatable bonds is 15. The molecule has 3 saturated heterocycles. The van der Waals surface area contributed by atoms with Gasteiger partial charge in [-0.1, -0.05) is 0 Å². The van der Waals surface area contributed by atoms with Gasteiger partial charge < -0.3 is 29.6 Å². The molecular formula is C41H55F2N9O10. The predicted molar refractivity (Wildman–Crippen MR) is 216 cm³/mol. The summed E-state index contributed by atoms with van der Waals surface area (Å²) in [4.78, 5) is 95.8. The Morgan fingerprint density at radius 1 is 0.806 bits per heavy atom. The van der Waals surface area contributed by atoms with Crippen molar-refractivity contribution in [2.45, 2.75) is 37.6 Å². The molecule has 2 amide bonds. The second-order valence-electron chi connectivity index (χ2n) is 15.6. The van der Waals surface area contributed by atoms with Crippen molar-refractivity contribution in [3.05, 3.63) is 36.0 Å². The Morgan fingerprint density at radius 2 is 1.37 bits per heavy atom. The van der Waals surface area contributed by atoms with Crippen LogP contribution in [0.1, 0.15) is 36.0 Å². The van der Waals surface area contributed by atoms with Gasteiger partial charge >= 0.3 is 18.1 Å². The number of benzene rings is 1. The number of ketones is 1. The van der Waals surface area contributed by atoms with Gasteiger partial charge in [-0.05, 0) is 37.7 Å². The molecule has 3 aliphatic rings. The Kier molecular flexibility index (Phi) is 19.2. The topological polar surface area (TPSA) is 229 Å². The van der Waals surface area contributed by atoms with Crippen molar-refractivity contribution in [3.63, 3.8) is 0 Å². The molecule has 62 heavy (non-hydrogen) atoms. The number of Topliss-reactive ketones (excluding diaryl/α,β-unsaturated/α-hetero) is 1. The number of aromatic nitrogens is 1. The van der Waals surface area contributed by atoms with Crippen molar-refractivity contribution in [2.24, 2.45) is 0 Å². The molecule has 4 heterocycles. The lowest BCUT2D eigenvalue weighted by atomic mass is 10.0. The number of hydrogen-bond acceptors (Lipinski definition) is 15. The van der Waals surface area contributed by atoms with Crippen molar-refractivity contribution in [1.82, 2.24) is 39.3 Å². The maximum Gasteiger partial charge on any atom is 0.373 e. The summed E-state index contributed by atoms with van der Waals surface area (Å²) in [6.07, 6.45) is 1.23. The van der Waals surface area contributed by atoms with Crippen LogP contribution >= 0.6 is 0 Å². The van der Waals surface area contributed by atoms with Gasteiger partial charge in [-0.15, -0.1) is 0 Å². The van der Waals surface area contributed by atoms with Crippen LogP contribution in [0.15, 0.2) is 30.5 Å². The fourth-order valence-electron chi connectivity index (χ4n) is 7.64. The average Bonchev–Trinajstić information content (AvgIpc) is 3.56. The van der Waals surface area contributed by atoms with Crippen LogP contribution in [-0.4, -0.2) is 222 Å². The van der Waals surface area contributed by atoms with Crippen LogP contribution in [0, 0.1) is 11.3 Å². The van der Waals surface area contributed by atoms with Crippen molar-refractivity contribution < 1.29 is 57.3 Å². The number of nitrogens with zero attached hydrogens (tertiary/aromatic N) is 9. The maximum atomic E-state index is 13.8. The number of likely N-dealkylation sites (tertiary alicyclic amines) is 1. The summed E-state index contributed by atoms with van der Waals surface area (Å²) in [7, 11) is 1.94. The number of carboxylic acids is 2. The van der Waals surface area contributed by atoms with E-state index in [0.29, 0.717) is 114 Å². The molecule has 0 unspecified atom stereocenters. The van der Waals surface area contributed by atoms with E-state index < -0.39 is 42.8 Å². The number of fused-ring (bicyclic) bond motifs is 1. The molecule has 1 aromatic heterocycles. The number of hydrogen-bond donors (Lipinski definition) is 2. The van der Waals surface area contributed by atoms with Crippen LogP contribution in [0.5, 0.6) is 5.75 Å². The molecule has 0 bridgehead atoms. The third-order valence-electron chi connectivity index (χ3n) is 11.1. The van der Waals surface area contributed by atoms with E-state index in [9.17, 15) is 48.2 Å². The maximum absolute atomic E-state index is 13.8. The Labute approximate surface area is 358 Å². The number of nitriles is 1. The van der Waals surface area contributed by atoms with Crippen LogP contribution in [-0.2, 0) is 28.8 Å². The van der Waals surface area contributed by atoms with Gasteiger partial charge in [0, 0.05) is 121 Å². The number of piperazine rings is 1. The molecule has 0 saturated carbocycles. The minimum absolute atomic E-state index is 0.0199. The number of halogens is 2. The molecule has 3 aliphatic heterocycles. The van der Waals surface area contributed by atoms with Gasteiger partial charge in [-0.25, -0.2) is 8.78 Å². The molecule has 0 aliphatic carbocycles. The van der Waals surface area contributed by atoms with Crippen molar-refractivity contribution in [3.8, 4) is 11.8 Å². The minimum Gasteiger partial charge on any atom is -0.494 e. The first kappa shape index (κ1) is 49.2. The molecule has 338 valence electrons. The number of carboxylic acid groups (broad SMARTS) is 2. The summed E-state index contributed by atoms with van der Waals surface area (Å²) in [6.45, 7) is 7.02. The zero-order chi connectivity index (χ0) is 45.2. The van der Waals surface area contributed by atoms with E-state index in [1.165, 1.54) is 6.20 Å². The van der Waals surface area contributed by atoms with Gasteiger partial charge in [-0.3, -0.25) is 48.6 Å². The summed E-state index contributed by atoms with van der Waals surface area (Å²) in [5.74, 6) is -5.45. The van der Waals surface area contributed by atoms with Gasteiger partial charge in [0.2, 0.25) is 11.8 Å². The van der Waals surface area contributed by atoms with E-state index in [-0.39, 0.29) is 50.3 Å². The zero-order valence-electron chi connectivity index (χ0n) is 35.0. The number of carbonyl (C=O) groups is 5. The number of pyridine rings is 1. The second kappa shape index (κ2) is 24.2. The SMILES string of the molecule is CN1CCN(CC(=O)O)CCN(CC(=O)N2CCN(CCCOc3ccc4nccc(C(=O)CCC(=O)N5CC(F)(F)C[C@H]5C#N)c4c3)CC2)CCN(CC(=O)O)CC1.O=C=O. The fraction of sp³-hybridized carbons (Fsp3) is 0.610. The molecule has 0 spiro atoms. The van der Waals surface area contributed by atoms with Crippen LogP contribution in [0.25, 0.3) is 10.9 Å². The first-order valence-corrected chi connectivity index (χ1v) is 20.5. The smallest absolute Gasteiger partial charge is 0.373 e. The molecule has 21 heteroatoms. The molecule has 1 aromatic carbocycles. The molecule has 2 aromatic rings. The van der Waals surface area contributed by atoms with Gasteiger partial charge in [0.15, 0.2) is 5.78 Å². The standard InChI is InChI=1S/C40H55F2N9O8.CO2/c1-45-10-12-48(27-38(55)56)16-14-47(15-17-49(13-11-45)28-39(57)58)26-37(54)50-20-18-46(19-21-50)9-2-22-59-31-3-4-34-33(23-31)32(7-8-44-34)35(52)5-6-36(53)51-29-40(41,42)24-30(51)25-43;2-1-3/h3-4,7-8,23,30H,2,5-6,9-22,24,26-29H2,1H3,(H,55,56)(H,57,58);/t30-;/m0./s1. The summed E-state index contributed by atoms with van der Waals surface area (Å²) in [6, 6.07) is 7.30. The normalized spacial score (nSPS) is 19.9. The van der Waals surface area contributed by atoms with Crippen LogP contribution < -0.4 is 4.74 Å². The largest absolute Gasteiger partial charge is 0.494 e. The van der Waals surface area contributed by atoms with Crippen molar-refractivity contribution in [1.29, 1.82) is 5.26 Å².